The molecule has 0 unspecified atom stereocenters. The Labute approximate surface area is 44.4 Å². The molecule has 7 heavy (non-hydrogen) atoms. The summed E-state index contributed by atoms with van der Waals surface area (Å²) < 4.78 is 0. The van der Waals surface area contributed by atoms with E-state index in [0.717, 1.165) is 7.41 Å². The van der Waals surface area contributed by atoms with Gasteiger partial charge in [-0.1, -0.05) is 6.82 Å². The van der Waals surface area contributed by atoms with Gasteiger partial charge in [-0.2, -0.15) is 0 Å². The van der Waals surface area contributed by atoms with E-state index in [2.05, 4.69) is 4.90 Å². The fourth-order valence-electron chi connectivity index (χ4n) is 0.228. The molecule has 38 valence electrons. The molecule has 0 rings (SSSR count). The molecule has 0 spiro atoms. The third-order valence-corrected chi connectivity index (χ3v) is 0.468. The van der Waals surface area contributed by atoms with Crippen LogP contribution in [-0.2, 0) is 0 Å². The first-order valence-corrected chi connectivity index (χ1v) is 2.32. The van der Waals surface area contributed by atoms with Crippen LogP contribution < -0.4 is 0 Å². The van der Waals surface area contributed by atoms with E-state index in [-0.39, 0.29) is 0 Å². The van der Waals surface area contributed by atoms with Crippen molar-refractivity contribution in [3.05, 3.63) is 0 Å². The molecule has 1 N–H and O–H groups in total. The van der Waals surface area contributed by atoms with Gasteiger partial charge in [0, 0.05) is 11.9 Å². The Hall–Kier alpha value is -0.595. The Morgan fingerprint density at radius 2 is 2.43 bits per heavy atom. The predicted octanol–water partition coefficient (Wildman–Crippen LogP) is 0.496. The quantitative estimate of drug-likeness (QED) is 0.383. The third-order valence-electron chi connectivity index (χ3n) is 0.468. The highest BCUT2D eigenvalue weighted by Crippen LogP contribution is 1.62. The van der Waals surface area contributed by atoms with E-state index in [9.17, 15) is 0 Å². The standard InChI is InChI=1S/C4H9BN2/c1-4(6)3-7-5-2/h3,5-6H,1-2H3. The van der Waals surface area contributed by atoms with Crippen molar-refractivity contribution in [1.29, 1.82) is 5.41 Å². The maximum absolute atomic E-state index is 6.85. The number of hydrogen-bond donors (Lipinski definition) is 1. The third kappa shape index (κ3) is 5.40. The van der Waals surface area contributed by atoms with Gasteiger partial charge in [0.25, 0.3) is 7.41 Å². The minimum absolute atomic E-state index is 0.516. The van der Waals surface area contributed by atoms with Gasteiger partial charge in [-0.25, -0.2) is 0 Å². The lowest BCUT2D eigenvalue weighted by molar-refractivity contribution is 1.52. The molecule has 0 aliphatic carbocycles. The molecule has 0 aromatic rings. The SMILES string of the molecule is CBN=CC(C)=N. The van der Waals surface area contributed by atoms with E-state index in [4.69, 9.17) is 5.41 Å². The van der Waals surface area contributed by atoms with Crippen LogP contribution in [0.15, 0.2) is 4.90 Å². The summed E-state index contributed by atoms with van der Waals surface area (Å²) in [4.78, 5) is 3.82. The largest absolute Gasteiger partial charge is 0.352 e. The molecule has 0 aliphatic heterocycles. The second-order valence-electron chi connectivity index (χ2n) is 1.31. The maximum atomic E-state index is 6.85. The lowest BCUT2D eigenvalue weighted by Gasteiger charge is -1.77. The molecule has 0 heterocycles. The highest BCUT2D eigenvalue weighted by molar-refractivity contribution is 6.39. The Kier molecular flexibility index (Phi) is 3.28. The van der Waals surface area contributed by atoms with Crippen molar-refractivity contribution < 1.29 is 0 Å². The van der Waals surface area contributed by atoms with Gasteiger partial charge >= 0.3 is 0 Å². The summed E-state index contributed by atoms with van der Waals surface area (Å²) in [5.41, 5.74) is 0.516. The Morgan fingerprint density at radius 1 is 1.86 bits per heavy atom. The van der Waals surface area contributed by atoms with Crippen LogP contribution in [0.3, 0.4) is 0 Å². The van der Waals surface area contributed by atoms with Crippen molar-refractivity contribution in [2.24, 2.45) is 4.90 Å². The molecule has 0 aromatic carbocycles. The summed E-state index contributed by atoms with van der Waals surface area (Å²) >= 11 is 0. The van der Waals surface area contributed by atoms with Crippen LogP contribution in [0.25, 0.3) is 0 Å². The highest BCUT2D eigenvalue weighted by atomic mass is 14.6. The fraction of sp³-hybridized carbons (Fsp3) is 0.500. The Bertz CT molecular complexity index is 87.7. The van der Waals surface area contributed by atoms with Gasteiger partial charge < -0.3 is 10.3 Å². The van der Waals surface area contributed by atoms with E-state index in [1.165, 1.54) is 0 Å². The molecule has 0 aromatic heterocycles. The van der Waals surface area contributed by atoms with Gasteiger partial charge in [0.15, 0.2) is 0 Å². The summed E-state index contributed by atoms with van der Waals surface area (Å²) in [6, 6.07) is 0. The van der Waals surface area contributed by atoms with E-state index < -0.39 is 0 Å². The summed E-state index contributed by atoms with van der Waals surface area (Å²) in [7, 11) is 0.774. The van der Waals surface area contributed by atoms with Gasteiger partial charge in [0.2, 0.25) is 0 Å². The van der Waals surface area contributed by atoms with Gasteiger partial charge in [-0.05, 0) is 6.92 Å². The number of hydrogen-bond acceptors (Lipinski definition) is 2. The van der Waals surface area contributed by atoms with E-state index >= 15 is 0 Å². The minimum atomic E-state index is 0.516. The zero-order valence-corrected chi connectivity index (χ0v) is 4.73. The monoisotopic (exact) mass is 96.1 g/mol. The summed E-state index contributed by atoms with van der Waals surface area (Å²) in [6.07, 6.45) is 1.56. The lowest BCUT2D eigenvalue weighted by Crippen LogP contribution is -1.89. The molecule has 0 saturated carbocycles. The number of nitrogens with one attached hydrogen (secondary N) is 1. The molecule has 0 radical (unpaired) electrons. The van der Waals surface area contributed by atoms with Crippen LogP contribution in [0.1, 0.15) is 6.92 Å². The first-order chi connectivity index (χ1) is 3.27. The molecular formula is C4H9BN2. The summed E-state index contributed by atoms with van der Waals surface area (Å²) in [5, 5.41) is 6.85. The van der Waals surface area contributed by atoms with Gasteiger partial charge in [0.05, 0.1) is 0 Å². The molecule has 0 fully saturated rings. The van der Waals surface area contributed by atoms with Crippen LogP contribution >= 0.6 is 0 Å². The minimum Gasteiger partial charge on any atom is -0.352 e. The van der Waals surface area contributed by atoms with Crippen molar-refractivity contribution in [2.45, 2.75) is 13.7 Å². The van der Waals surface area contributed by atoms with Crippen LogP contribution in [0.5, 0.6) is 0 Å². The Balaban J connectivity index is 3.26. The molecule has 0 saturated heterocycles. The van der Waals surface area contributed by atoms with Crippen molar-refractivity contribution in [3.63, 3.8) is 0 Å². The fourth-order valence-corrected chi connectivity index (χ4v) is 0.228. The van der Waals surface area contributed by atoms with Crippen LogP contribution in [-0.4, -0.2) is 19.3 Å². The second-order valence-corrected chi connectivity index (χ2v) is 1.31. The first-order valence-electron chi connectivity index (χ1n) is 2.32. The van der Waals surface area contributed by atoms with Crippen molar-refractivity contribution in [2.75, 3.05) is 0 Å². The lowest BCUT2D eigenvalue weighted by atomic mass is 10.0. The molecule has 0 atom stereocenters. The van der Waals surface area contributed by atoms with Crippen molar-refractivity contribution in [1.82, 2.24) is 0 Å². The van der Waals surface area contributed by atoms with Crippen molar-refractivity contribution in [3.8, 4) is 0 Å². The molecule has 2 nitrogen and oxygen atoms in total. The van der Waals surface area contributed by atoms with E-state index in [1.807, 2.05) is 6.82 Å². The number of rotatable bonds is 2. The van der Waals surface area contributed by atoms with E-state index in [0.29, 0.717) is 5.71 Å². The first kappa shape index (κ1) is 6.40. The molecule has 0 aliphatic rings. The highest BCUT2D eigenvalue weighted by Gasteiger charge is 1.72. The van der Waals surface area contributed by atoms with Crippen molar-refractivity contribution >= 4 is 19.3 Å². The summed E-state index contributed by atoms with van der Waals surface area (Å²) in [5.74, 6) is 0. The molecular weight excluding hydrogens is 86.9 g/mol. The van der Waals surface area contributed by atoms with E-state index in [1.54, 1.807) is 13.1 Å². The average Bonchev–Trinajstić information content (AvgIpc) is 1.61. The average molecular weight is 95.9 g/mol. The van der Waals surface area contributed by atoms with Crippen LogP contribution in [0.2, 0.25) is 6.82 Å². The predicted molar refractivity (Wildman–Crippen MR) is 34.9 cm³/mol. The van der Waals surface area contributed by atoms with Crippen LogP contribution in [0, 0.1) is 5.41 Å². The summed E-state index contributed by atoms with van der Waals surface area (Å²) in [6.45, 7) is 3.65. The van der Waals surface area contributed by atoms with Gasteiger partial charge in [0.1, 0.15) is 0 Å². The zero-order valence-electron chi connectivity index (χ0n) is 4.73. The smallest absolute Gasteiger partial charge is 0.258 e. The topological polar surface area (TPSA) is 36.2 Å². The second kappa shape index (κ2) is 3.59. The molecule has 3 heteroatoms. The van der Waals surface area contributed by atoms with Crippen LogP contribution in [0.4, 0.5) is 0 Å². The maximum Gasteiger partial charge on any atom is 0.258 e. The zero-order chi connectivity index (χ0) is 5.70. The van der Waals surface area contributed by atoms with Gasteiger partial charge in [-0.3, -0.25) is 0 Å². The number of nitrogens with zero attached hydrogens (tertiary/aromatic N) is 1. The van der Waals surface area contributed by atoms with Gasteiger partial charge in [-0.15, -0.1) is 0 Å². The Morgan fingerprint density at radius 3 is 2.57 bits per heavy atom. The molecule has 0 amide bonds. The molecule has 0 bridgehead atoms. The normalized spacial score (nSPS) is 9.43.